The molecule has 0 heterocycles. The summed E-state index contributed by atoms with van der Waals surface area (Å²) < 4.78 is 0. The van der Waals surface area contributed by atoms with Crippen LogP contribution >= 0.6 is 0 Å². The molecule has 272 valence electrons. The molecule has 8 rings (SSSR count). The van der Waals surface area contributed by atoms with E-state index in [9.17, 15) is 34.2 Å². The Hall–Kier alpha value is -5.77. The summed E-state index contributed by atoms with van der Waals surface area (Å²) in [6.45, 7) is 0.553. The van der Waals surface area contributed by atoms with Crippen molar-refractivity contribution >= 4 is 35.3 Å². The Morgan fingerprint density at radius 2 is 1.11 bits per heavy atom. The van der Waals surface area contributed by atoms with Crippen LogP contribution in [0.1, 0.15) is 98.9 Å². The van der Waals surface area contributed by atoms with E-state index in [0.717, 1.165) is 59.6 Å². The molecule has 10 nitrogen and oxygen atoms in total. The minimum atomic E-state index is -1.35. The summed E-state index contributed by atoms with van der Waals surface area (Å²) in [6.07, 6.45) is 6.91. The van der Waals surface area contributed by atoms with Gasteiger partial charge in [-0.2, -0.15) is 0 Å². The zero-order chi connectivity index (χ0) is 37.1. The van der Waals surface area contributed by atoms with E-state index in [1.165, 1.54) is 25.0 Å². The van der Waals surface area contributed by atoms with Crippen LogP contribution in [0.25, 0.3) is 0 Å². The average Bonchev–Trinajstić information content (AvgIpc) is 3.45. The van der Waals surface area contributed by atoms with Gasteiger partial charge < -0.3 is 26.2 Å². The molecule has 0 saturated heterocycles. The van der Waals surface area contributed by atoms with E-state index in [-0.39, 0.29) is 35.1 Å². The van der Waals surface area contributed by atoms with Gasteiger partial charge in [-0.05, 0) is 64.8 Å². The number of aromatic carboxylic acids is 2. The summed E-state index contributed by atoms with van der Waals surface area (Å²) in [4.78, 5) is 67.1. The molecule has 0 aliphatic heterocycles. The molecule has 1 saturated carbocycles. The fourth-order valence-corrected chi connectivity index (χ4v) is 8.74. The molecule has 5 N–H and O–H groups in total. The second kappa shape index (κ2) is 15.5. The second-order valence-corrected chi connectivity index (χ2v) is 14.5. The van der Waals surface area contributed by atoms with E-state index in [0.29, 0.717) is 12.5 Å². The molecular weight excluding hydrogens is 670 g/mol. The molecular formula is C43H43N3O7. The molecule has 0 aromatic heterocycles. The third-order valence-corrected chi connectivity index (χ3v) is 11.2. The van der Waals surface area contributed by atoms with E-state index in [4.69, 9.17) is 0 Å². The number of hydrogen-bond donors (Lipinski definition) is 5. The van der Waals surface area contributed by atoms with Gasteiger partial charge in [-0.25, -0.2) is 9.59 Å². The number of hydrogen-bond acceptors (Lipinski definition) is 5. The number of carboxylic acid groups (broad SMARTS) is 2. The topological polar surface area (TPSA) is 162 Å². The maximum Gasteiger partial charge on any atom is 0.335 e. The van der Waals surface area contributed by atoms with Crippen LogP contribution in [0.5, 0.6) is 0 Å². The molecule has 0 radical (unpaired) electrons. The van der Waals surface area contributed by atoms with Crippen molar-refractivity contribution in [2.75, 3.05) is 11.9 Å². The Labute approximate surface area is 308 Å². The largest absolute Gasteiger partial charge is 0.478 e. The van der Waals surface area contributed by atoms with E-state index in [1.54, 1.807) is 0 Å². The molecule has 4 aromatic carbocycles. The smallest absolute Gasteiger partial charge is 0.335 e. The van der Waals surface area contributed by atoms with Crippen LogP contribution in [-0.2, 0) is 20.8 Å². The molecule has 3 unspecified atom stereocenters. The lowest BCUT2D eigenvalue weighted by molar-refractivity contribution is -0.138. The van der Waals surface area contributed by atoms with E-state index >= 15 is 0 Å². The maximum atomic E-state index is 14.9. The fourth-order valence-electron chi connectivity index (χ4n) is 8.74. The van der Waals surface area contributed by atoms with Crippen LogP contribution in [0.4, 0.5) is 5.69 Å². The Morgan fingerprint density at radius 1 is 0.623 bits per heavy atom. The number of anilines is 1. The van der Waals surface area contributed by atoms with Crippen molar-refractivity contribution in [3.05, 3.63) is 136 Å². The predicted octanol–water partition coefficient (Wildman–Crippen LogP) is 6.36. The quantitative estimate of drug-likeness (QED) is 0.113. The zero-order valence-electron chi connectivity index (χ0n) is 29.3. The highest BCUT2D eigenvalue weighted by molar-refractivity contribution is 6.02. The van der Waals surface area contributed by atoms with Gasteiger partial charge in [0, 0.05) is 30.5 Å². The third kappa shape index (κ3) is 7.44. The van der Waals surface area contributed by atoms with Crippen molar-refractivity contribution in [1.29, 1.82) is 0 Å². The normalized spacial score (nSPS) is 20.9. The Balaban J connectivity index is 1.24. The van der Waals surface area contributed by atoms with Gasteiger partial charge in [0.2, 0.25) is 17.7 Å². The van der Waals surface area contributed by atoms with Gasteiger partial charge in [0.15, 0.2) is 0 Å². The van der Waals surface area contributed by atoms with Crippen LogP contribution in [0.3, 0.4) is 0 Å². The number of fused-ring (bicyclic) bond motifs is 1. The van der Waals surface area contributed by atoms with Crippen molar-refractivity contribution < 1.29 is 34.2 Å². The molecule has 2 bridgehead atoms. The molecule has 4 aliphatic carbocycles. The Bertz CT molecular complexity index is 1960. The van der Waals surface area contributed by atoms with Crippen LogP contribution < -0.4 is 16.0 Å². The lowest BCUT2D eigenvalue weighted by Crippen LogP contribution is -2.56. The first kappa shape index (κ1) is 35.6. The van der Waals surface area contributed by atoms with Crippen molar-refractivity contribution in [3.63, 3.8) is 0 Å². The van der Waals surface area contributed by atoms with Crippen molar-refractivity contribution in [2.24, 2.45) is 17.8 Å². The van der Waals surface area contributed by atoms with Gasteiger partial charge in [0.25, 0.3) is 0 Å². The number of amides is 3. The SMILES string of the molecule is O=C(O)c1cc(NC(=O)C(Cc2ccccc2)NC(=O)C2C3c4ccccc4C(c4ccccc43)C2C(=O)NCC2CCCCCC2)cc(C(=O)O)c1. The fraction of sp³-hybridized carbons (Fsp3) is 0.326. The number of benzene rings is 4. The van der Waals surface area contributed by atoms with Crippen molar-refractivity contribution in [1.82, 2.24) is 10.6 Å². The summed E-state index contributed by atoms with van der Waals surface area (Å²) in [5.41, 5.74) is 4.14. The van der Waals surface area contributed by atoms with E-state index < -0.39 is 47.5 Å². The minimum absolute atomic E-state index is 0.0324. The van der Waals surface area contributed by atoms with Gasteiger partial charge in [-0.1, -0.05) is 105 Å². The number of carbonyl (C=O) groups excluding carboxylic acids is 3. The molecule has 3 atom stereocenters. The molecule has 4 aromatic rings. The van der Waals surface area contributed by atoms with Gasteiger partial charge in [-0.3, -0.25) is 14.4 Å². The first-order valence-corrected chi connectivity index (χ1v) is 18.4. The summed E-state index contributed by atoms with van der Waals surface area (Å²) >= 11 is 0. The van der Waals surface area contributed by atoms with E-state index in [1.807, 2.05) is 78.9 Å². The summed E-state index contributed by atoms with van der Waals surface area (Å²) in [7, 11) is 0. The van der Waals surface area contributed by atoms with Crippen LogP contribution in [-0.4, -0.2) is 52.5 Å². The van der Waals surface area contributed by atoms with Crippen LogP contribution in [0, 0.1) is 17.8 Å². The summed E-state index contributed by atoms with van der Waals surface area (Å²) in [6, 6.07) is 27.3. The maximum absolute atomic E-state index is 14.9. The number of nitrogens with one attached hydrogen (secondary N) is 3. The molecule has 4 aliphatic rings. The molecule has 0 spiro atoms. The lowest BCUT2D eigenvalue weighted by atomic mass is 9.53. The highest BCUT2D eigenvalue weighted by Crippen LogP contribution is 2.58. The highest BCUT2D eigenvalue weighted by atomic mass is 16.4. The monoisotopic (exact) mass is 713 g/mol. The number of carbonyl (C=O) groups is 5. The minimum Gasteiger partial charge on any atom is -0.478 e. The summed E-state index contributed by atoms with van der Waals surface area (Å²) in [5.74, 6) is -5.97. The molecule has 3 amide bonds. The van der Waals surface area contributed by atoms with Gasteiger partial charge >= 0.3 is 11.9 Å². The summed E-state index contributed by atoms with van der Waals surface area (Å²) in [5, 5.41) is 28.2. The first-order chi connectivity index (χ1) is 25.7. The molecule has 10 heteroatoms. The molecule has 1 fully saturated rings. The van der Waals surface area contributed by atoms with Gasteiger partial charge in [0.1, 0.15) is 6.04 Å². The van der Waals surface area contributed by atoms with Gasteiger partial charge in [0.05, 0.1) is 23.0 Å². The van der Waals surface area contributed by atoms with Gasteiger partial charge in [-0.15, -0.1) is 0 Å². The average molecular weight is 714 g/mol. The molecule has 53 heavy (non-hydrogen) atoms. The first-order valence-electron chi connectivity index (χ1n) is 18.4. The van der Waals surface area contributed by atoms with Crippen molar-refractivity contribution in [3.8, 4) is 0 Å². The standard InChI is InChI=1S/C43H43N3O7/c47-39(45-29-22-27(42(50)51)21-28(23-29)43(52)53)34(20-25-12-6-3-7-13-25)46-41(49)38-36-32-18-10-8-16-30(32)35(31-17-9-11-19-33(31)36)37(38)40(48)44-24-26-14-4-1-2-5-15-26/h3,6-13,16-19,21-23,26,34-38H,1-2,4-5,14-15,20,24H2,(H,44,48)(H,45,47)(H,46,49)(H,50,51)(H,52,53). The predicted molar refractivity (Wildman–Crippen MR) is 199 cm³/mol. The number of rotatable bonds is 11. The third-order valence-electron chi connectivity index (χ3n) is 11.2. The number of carboxylic acids is 2. The Morgan fingerprint density at radius 3 is 1.62 bits per heavy atom. The lowest BCUT2D eigenvalue weighted by Gasteiger charge is -2.49. The van der Waals surface area contributed by atoms with Crippen LogP contribution in [0.15, 0.2) is 97.1 Å². The van der Waals surface area contributed by atoms with Crippen LogP contribution in [0.2, 0.25) is 0 Å². The second-order valence-electron chi connectivity index (χ2n) is 14.5. The zero-order valence-corrected chi connectivity index (χ0v) is 29.3. The highest BCUT2D eigenvalue weighted by Gasteiger charge is 2.55. The Kier molecular flexibility index (Phi) is 10.4. The van der Waals surface area contributed by atoms with Crippen molar-refractivity contribution in [2.45, 2.75) is 62.8 Å². The van der Waals surface area contributed by atoms with E-state index in [2.05, 4.69) is 16.0 Å².